The zero-order valence-corrected chi connectivity index (χ0v) is 22.9. The highest BCUT2D eigenvalue weighted by molar-refractivity contribution is 6.11. The molecule has 39 heavy (non-hydrogen) atoms. The third-order valence-corrected chi connectivity index (χ3v) is 11.2. The number of allylic oxidation sites excluding steroid dienone is 3. The summed E-state index contributed by atoms with van der Waals surface area (Å²) in [6.07, 6.45) is 7.17. The van der Waals surface area contributed by atoms with Gasteiger partial charge in [0.1, 0.15) is 11.2 Å². The lowest BCUT2D eigenvalue weighted by molar-refractivity contribution is -0.150. The smallest absolute Gasteiger partial charge is 0.235 e. The van der Waals surface area contributed by atoms with Crippen molar-refractivity contribution in [2.24, 2.45) is 40.9 Å². The van der Waals surface area contributed by atoms with Crippen molar-refractivity contribution >= 4 is 28.4 Å². The van der Waals surface area contributed by atoms with E-state index in [0.717, 1.165) is 16.5 Å². The van der Waals surface area contributed by atoms with Crippen LogP contribution in [-0.4, -0.2) is 45.3 Å². The van der Waals surface area contributed by atoms with Gasteiger partial charge < -0.3 is 20.1 Å². The first-order chi connectivity index (χ1) is 18.6. The molecule has 1 saturated carbocycles. The number of carbonyl (C=O) groups is 3. The number of rotatable bonds is 2. The van der Waals surface area contributed by atoms with Crippen LogP contribution in [-0.2, 0) is 25.5 Å². The first-order valence-corrected chi connectivity index (χ1v) is 14.3. The highest BCUT2D eigenvalue weighted by atomic mass is 16.6. The van der Waals surface area contributed by atoms with Crippen LogP contribution in [0, 0.1) is 40.9 Å². The molecule has 1 spiro atoms. The molecule has 0 bridgehead atoms. The lowest BCUT2D eigenvalue weighted by atomic mass is 9.50. The van der Waals surface area contributed by atoms with Crippen LogP contribution in [0.25, 0.3) is 10.9 Å². The van der Waals surface area contributed by atoms with E-state index in [4.69, 9.17) is 4.74 Å². The predicted molar refractivity (Wildman–Crippen MR) is 146 cm³/mol. The van der Waals surface area contributed by atoms with Gasteiger partial charge in [0.05, 0.1) is 11.7 Å². The van der Waals surface area contributed by atoms with E-state index < -0.39 is 22.9 Å². The van der Waals surface area contributed by atoms with E-state index in [2.05, 4.69) is 49.3 Å². The SMILES string of the molecule is CC1=C(O)C(=O)[C@@H]2CC(=O)[C@@]34C(=O)N[C@@H](Cc5c[nH]c6ccccc56)[C@@H]3[C@H](C)[C@@]3(C)O[C@H]3C4/C=C/C[C@H](C)[C@@H]12. The fourth-order valence-electron chi connectivity index (χ4n) is 9.05. The third-order valence-electron chi connectivity index (χ3n) is 11.2. The average Bonchev–Trinajstić information content (AvgIpc) is 3.21. The van der Waals surface area contributed by atoms with Gasteiger partial charge in [-0.05, 0) is 61.6 Å². The summed E-state index contributed by atoms with van der Waals surface area (Å²) in [5, 5.41) is 15.0. The molecule has 2 saturated heterocycles. The minimum absolute atomic E-state index is 0.0422. The Morgan fingerprint density at radius 3 is 2.72 bits per heavy atom. The topological polar surface area (TPSA) is 112 Å². The van der Waals surface area contributed by atoms with Crippen LogP contribution in [0.15, 0.2) is 53.9 Å². The molecule has 2 aliphatic heterocycles. The van der Waals surface area contributed by atoms with Crippen LogP contribution < -0.4 is 5.32 Å². The van der Waals surface area contributed by atoms with E-state index in [1.807, 2.05) is 24.4 Å². The van der Waals surface area contributed by atoms with E-state index in [-0.39, 0.29) is 65.5 Å². The maximum absolute atomic E-state index is 14.7. The summed E-state index contributed by atoms with van der Waals surface area (Å²) in [5.41, 5.74) is 1.08. The number of aliphatic hydroxyl groups is 1. The Morgan fingerprint density at radius 2 is 1.92 bits per heavy atom. The lowest BCUT2D eigenvalue weighted by Gasteiger charge is -2.46. The number of Topliss-reactive ketones (excluding diaryl/α,β-unsaturated/α-hetero) is 2. The number of aliphatic hydroxyl groups excluding tert-OH is 1. The second-order valence-electron chi connectivity index (χ2n) is 12.9. The van der Waals surface area contributed by atoms with E-state index >= 15 is 0 Å². The van der Waals surface area contributed by atoms with E-state index in [9.17, 15) is 19.5 Å². The third kappa shape index (κ3) is 3.11. The van der Waals surface area contributed by atoms with Crippen molar-refractivity contribution in [3.8, 4) is 0 Å². The molecule has 3 fully saturated rings. The summed E-state index contributed by atoms with van der Waals surface area (Å²) in [4.78, 5) is 45.5. The van der Waals surface area contributed by atoms with Crippen molar-refractivity contribution in [2.75, 3.05) is 0 Å². The van der Waals surface area contributed by atoms with Crippen molar-refractivity contribution < 1.29 is 24.2 Å². The number of benzene rings is 1. The quantitative estimate of drug-likeness (QED) is 0.303. The van der Waals surface area contributed by atoms with Crippen LogP contribution in [0.4, 0.5) is 0 Å². The second kappa shape index (κ2) is 8.17. The molecule has 0 radical (unpaired) electrons. The molecule has 2 aromatic rings. The van der Waals surface area contributed by atoms with Crippen molar-refractivity contribution in [2.45, 2.75) is 64.7 Å². The highest BCUT2D eigenvalue weighted by Crippen LogP contribution is 2.66. The molecule has 204 valence electrons. The summed E-state index contributed by atoms with van der Waals surface area (Å²) >= 11 is 0. The van der Waals surface area contributed by atoms with Crippen LogP contribution in [0.1, 0.15) is 46.1 Å². The Labute approximate surface area is 228 Å². The molecule has 3 N–H and O–H groups in total. The van der Waals surface area contributed by atoms with Gasteiger partial charge in [-0.15, -0.1) is 0 Å². The first kappa shape index (κ1) is 24.8. The van der Waals surface area contributed by atoms with Gasteiger partial charge in [0.25, 0.3) is 0 Å². The molecule has 10 atom stereocenters. The van der Waals surface area contributed by atoms with E-state index in [0.29, 0.717) is 18.4 Å². The summed E-state index contributed by atoms with van der Waals surface area (Å²) in [6, 6.07) is 7.86. The summed E-state index contributed by atoms with van der Waals surface area (Å²) in [6.45, 7) is 8.09. The van der Waals surface area contributed by atoms with Crippen LogP contribution >= 0.6 is 0 Å². The molecule has 1 unspecified atom stereocenters. The van der Waals surface area contributed by atoms with Crippen LogP contribution in [0.2, 0.25) is 0 Å². The number of nitrogens with one attached hydrogen (secondary N) is 2. The maximum atomic E-state index is 14.7. The van der Waals surface area contributed by atoms with Gasteiger partial charge in [0.2, 0.25) is 11.7 Å². The fraction of sp³-hybridized carbons (Fsp3) is 0.531. The summed E-state index contributed by atoms with van der Waals surface area (Å²) in [5.74, 6) is -2.51. The highest BCUT2D eigenvalue weighted by Gasteiger charge is 2.78. The van der Waals surface area contributed by atoms with Crippen molar-refractivity contribution in [1.82, 2.24) is 10.3 Å². The largest absolute Gasteiger partial charge is 0.504 e. The molecule has 3 aliphatic carbocycles. The number of ether oxygens (including phenoxy) is 1. The number of carbonyl (C=O) groups excluding carboxylic acids is 3. The molecular weight excluding hydrogens is 492 g/mol. The molecule has 1 amide bonds. The van der Waals surface area contributed by atoms with Gasteiger partial charge in [-0.25, -0.2) is 0 Å². The Balaban J connectivity index is 1.34. The molecular formula is C32H36N2O5. The van der Waals surface area contributed by atoms with Gasteiger partial charge in [0.15, 0.2) is 5.76 Å². The average molecular weight is 529 g/mol. The molecule has 1 aromatic carbocycles. The predicted octanol–water partition coefficient (Wildman–Crippen LogP) is 4.44. The standard InChI is InChI=1S/C32H36N2O5/c1-15-8-7-10-21-29-31(4,39-29)17(3)26-23(12-18-14-33-22-11-6-5-9-19(18)22)34-30(38)32(21,26)24(35)13-20-25(15)16(2)27(36)28(20)37/h5-7,9-11,14-15,17,20-21,23,25-26,29,33,36H,8,12-13H2,1-4H3,(H,34,38)/b10-7+/t15-,17-,20+,21?,23-,25-,26-,29-,31+,32+/m0/s1. The zero-order chi connectivity index (χ0) is 27.4. The van der Waals surface area contributed by atoms with Crippen molar-refractivity contribution in [1.29, 1.82) is 0 Å². The molecule has 7 nitrogen and oxygen atoms in total. The van der Waals surface area contributed by atoms with E-state index in [1.54, 1.807) is 6.92 Å². The van der Waals surface area contributed by atoms with Gasteiger partial charge >= 0.3 is 0 Å². The summed E-state index contributed by atoms with van der Waals surface area (Å²) < 4.78 is 6.36. The van der Waals surface area contributed by atoms with Gasteiger partial charge in [-0.1, -0.05) is 44.2 Å². The van der Waals surface area contributed by atoms with Gasteiger partial charge in [0, 0.05) is 47.3 Å². The summed E-state index contributed by atoms with van der Waals surface area (Å²) in [7, 11) is 0. The van der Waals surface area contributed by atoms with Crippen molar-refractivity contribution in [3.63, 3.8) is 0 Å². The number of epoxide rings is 1. The molecule has 3 heterocycles. The second-order valence-corrected chi connectivity index (χ2v) is 12.9. The lowest BCUT2D eigenvalue weighted by Crippen LogP contribution is -2.58. The minimum atomic E-state index is -1.31. The number of para-hydroxylation sites is 1. The molecule has 7 heteroatoms. The normalized spacial score (nSPS) is 43.9. The number of fused-ring (bicyclic) bond motifs is 4. The number of ketones is 2. The van der Waals surface area contributed by atoms with E-state index in [1.165, 1.54) is 0 Å². The molecule has 7 rings (SSSR count). The number of hydrogen-bond donors (Lipinski definition) is 3. The fourth-order valence-corrected chi connectivity index (χ4v) is 9.05. The molecule has 5 aliphatic rings. The zero-order valence-electron chi connectivity index (χ0n) is 22.9. The molecule has 1 aromatic heterocycles. The van der Waals surface area contributed by atoms with Gasteiger partial charge in [-0.3, -0.25) is 14.4 Å². The minimum Gasteiger partial charge on any atom is -0.504 e. The van der Waals surface area contributed by atoms with Crippen LogP contribution in [0.5, 0.6) is 0 Å². The first-order valence-electron chi connectivity index (χ1n) is 14.3. The number of hydrogen-bond acceptors (Lipinski definition) is 5. The van der Waals surface area contributed by atoms with Crippen molar-refractivity contribution in [3.05, 3.63) is 59.5 Å². The number of aromatic nitrogens is 1. The number of H-pyrrole nitrogens is 1. The number of aromatic amines is 1. The van der Waals surface area contributed by atoms with Crippen LogP contribution in [0.3, 0.4) is 0 Å². The Morgan fingerprint density at radius 1 is 1.15 bits per heavy atom. The number of amides is 1. The Hall–Kier alpha value is -3.19. The Kier molecular flexibility index (Phi) is 5.20. The monoisotopic (exact) mass is 528 g/mol. The maximum Gasteiger partial charge on any atom is 0.235 e. The Bertz CT molecular complexity index is 1490. The van der Waals surface area contributed by atoms with Gasteiger partial charge in [-0.2, -0.15) is 0 Å².